The molecule has 0 bridgehead atoms. The molecule has 0 aliphatic rings. The minimum Gasteiger partial charge on any atom is -0.370 e. The number of imidazole rings is 1. The number of hydrogen-bond acceptors (Lipinski definition) is 4. The van der Waals surface area contributed by atoms with Crippen LogP contribution in [0.2, 0.25) is 0 Å². The molecule has 3 rings (SSSR count). The molecule has 3 aromatic heterocycles. The van der Waals surface area contributed by atoms with E-state index in [1.165, 1.54) is 0 Å². The predicted molar refractivity (Wildman–Crippen MR) is 75.1 cm³/mol. The number of hydrogen-bond donors (Lipinski definition) is 1. The van der Waals surface area contributed by atoms with Crippen LogP contribution in [-0.2, 0) is 0 Å². The molecule has 0 aromatic carbocycles. The van der Waals surface area contributed by atoms with Crippen molar-refractivity contribution in [3.63, 3.8) is 0 Å². The number of fused-ring (bicyclic) bond motifs is 1. The Balaban J connectivity index is 2.09. The standard InChI is InChI=1S/C14H15N5/c1-3-15-12-8-10(2)16-14(18-12)11-9-19-7-5-4-6-13(19)17-11/h4-9H,3H2,1-2H3,(H,15,16,18). The maximum Gasteiger partial charge on any atom is 0.182 e. The Labute approximate surface area is 111 Å². The minimum absolute atomic E-state index is 0.652. The summed E-state index contributed by atoms with van der Waals surface area (Å²) in [5, 5.41) is 3.21. The van der Waals surface area contributed by atoms with Crippen molar-refractivity contribution in [2.45, 2.75) is 13.8 Å². The molecule has 5 heteroatoms. The van der Waals surface area contributed by atoms with Gasteiger partial charge in [-0.1, -0.05) is 6.07 Å². The summed E-state index contributed by atoms with van der Waals surface area (Å²) >= 11 is 0. The van der Waals surface area contributed by atoms with Crippen molar-refractivity contribution >= 4 is 11.5 Å². The molecule has 5 nitrogen and oxygen atoms in total. The van der Waals surface area contributed by atoms with Crippen molar-refractivity contribution in [3.05, 3.63) is 42.4 Å². The van der Waals surface area contributed by atoms with Gasteiger partial charge in [-0.25, -0.2) is 15.0 Å². The Hall–Kier alpha value is -2.43. The average molecular weight is 253 g/mol. The number of pyridine rings is 1. The van der Waals surface area contributed by atoms with Crippen molar-refractivity contribution < 1.29 is 0 Å². The van der Waals surface area contributed by atoms with Crippen LogP contribution in [0.1, 0.15) is 12.6 Å². The Kier molecular flexibility index (Phi) is 2.87. The number of aromatic nitrogens is 4. The zero-order chi connectivity index (χ0) is 13.2. The fourth-order valence-electron chi connectivity index (χ4n) is 2.00. The van der Waals surface area contributed by atoms with Gasteiger partial charge in [-0.2, -0.15) is 0 Å². The van der Waals surface area contributed by atoms with Gasteiger partial charge in [0.1, 0.15) is 17.2 Å². The first-order valence-corrected chi connectivity index (χ1v) is 6.30. The van der Waals surface area contributed by atoms with E-state index in [4.69, 9.17) is 0 Å². The highest BCUT2D eigenvalue weighted by atomic mass is 15.1. The number of anilines is 1. The highest BCUT2D eigenvalue weighted by molar-refractivity contribution is 5.57. The maximum atomic E-state index is 4.54. The van der Waals surface area contributed by atoms with Crippen molar-refractivity contribution in [1.29, 1.82) is 0 Å². The summed E-state index contributed by atoms with van der Waals surface area (Å²) in [6.45, 7) is 4.84. The van der Waals surface area contributed by atoms with Crippen molar-refractivity contribution in [2.24, 2.45) is 0 Å². The Bertz CT molecular complexity index is 684. The SMILES string of the molecule is CCNc1cc(C)nc(-c2cn3ccccc3n2)n1. The van der Waals surface area contributed by atoms with E-state index in [0.29, 0.717) is 5.82 Å². The fourth-order valence-corrected chi connectivity index (χ4v) is 2.00. The van der Waals surface area contributed by atoms with Gasteiger partial charge < -0.3 is 9.72 Å². The lowest BCUT2D eigenvalue weighted by atomic mass is 10.3. The van der Waals surface area contributed by atoms with Crippen LogP contribution in [0.5, 0.6) is 0 Å². The molecule has 1 N–H and O–H groups in total. The summed E-state index contributed by atoms with van der Waals surface area (Å²) in [5.74, 6) is 1.49. The second-order valence-electron chi connectivity index (χ2n) is 4.34. The lowest BCUT2D eigenvalue weighted by Gasteiger charge is -2.04. The molecule has 0 atom stereocenters. The molecule has 0 saturated carbocycles. The third-order valence-corrected chi connectivity index (χ3v) is 2.81. The molecule has 0 aliphatic heterocycles. The fraction of sp³-hybridized carbons (Fsp3) is 0.214. The molecule has 0 amide bonds. The topological polar surface area (TPSA) is 55.1 Å². The van der Waals surface area contributed by atoms with Crippen LogP contribution in [0.3, 0.4) is 0 Å². The number of rotatable bonds is 3. The van der Waals surface area contributed by atoms with Crippen LogP contribution >= 0.6 is 0 Å². The highest BCUT2D eigenvalue weighted by Crippen LogP contribution is 2.17. The molecule has 3 aromatic rings. The first kappa shape index (κ1) is 11.6. The van der Waals surface area contributed by atoms with E-state index in [1.807, 2.05) is 54.9 Å². The van der Waals surface area contributed by atoms with Crippen LogP contribution in [-0.4, -0.2) is 25.9 Å². The zero-order valence-electron chi connectivity index (χ0n) is 11.0. The van der Waals surface area contributed by atoms with Crippen molar-refractivity contribution in [3.8, 4) is 11.5 Å². The van der Waals surface area contributed by atoms with Gasteiger partial charge >= 0.3 is 0 Å². The van der Waals surface area contributed by atoms with Crippen LogP contribution in [0.4, 0.5) is 5.82 Å². The van der Waals surface area contributed by atoms with E-state index in [2.05, 4.69) is 20.3 Å². The highest BCUT2D eigenvalue weighted by Gasteiger charge is 2.08. The molecular weight excluding hydrogens is 238 g/mol. The van der Waals surface area contributed by atoms with Gasteiger partial charge in [-0.15, -0.1) is 0 Å². The third-order valence-electron chi connectivity index (χ3n) is 2.81. The lowest BCUT2D eigenvalue weighted by molar-refractivity contribution is 1.07. The quantitative estimate of drug-likeness (QED) is 0.779. The van der Waals surface area contributed by atoms with Crippen molar-refractivity contribution in [2.75, 3.05) is 11.9 Å². The third kappa shape index (κ3) is 2.27. The summed E-state index contributed by atoms with van der Waals surface area (Å²) < 4.78 is 1.97. The van der Waals surface area contributed by atoms with Gasteiger partial charge in [0.05, 0.1) is 0 Å². The molecule has 96 valence electrons. The van der Waals surface area contributed by atoms with Crippen LogP contribution in [0.25, 0.3) is 17.2 Å². The number of aryl methyl sites for hydroxylation is 1. The average Bonchev–Trinajstić information content (AvgIpc) is 2.82. The molecule has 0 unspecified atom stereocenters. The van der Waals surface area contributed by atoms with Gasteiger partial charge in [0.2, 0.25) is 0 Å². The predicted octanol–water partition coefficient (Wildman–Crippen LogP) is 2.53. The molecule has 0 fully saturated rings. The Morgan fingerprint density at radius 1 is 1.21 bits per heavy atom. The number of nitrogens with zero attached hydrogens (tertiary/aromatic N) is 4. The second kappa shape index (κ2) is 4.68. The second-order valence-corrected chi connectivity index (χ2v) is 4.34. The molecule has 0 radical (unpaired) electrons. The smallest absolute Gasteiger partial charge is 0.182 e. The number of nitrogens with one attached hydrogen (secondary N) is 1. The van der Waals surface area contributed by atoms with E-state index in [1.54, 1.807) is 0 Å². The van der Waals surface area contributed by atoms with E-state index in [9.17, 15) is 0 Å². The van der Waals surface area contributed by atoms with Gasteiger partial charge in [-0.05, 0) is 26.0 Å². The molecule has 0 aliphatic carbocycles. The van der Waals surface area contributed by atoms with E-state index < -0.39 is 0 Å². The molecule has 0 spiro atoms. The minimum atomic E-state index is 0.652. The van der Waals surface area contributed by atoms with E-state index >= 15 is 0 Å². The first-order chi connectivity index (χ1) is 9.26. The van der Waals surface area contributed by atoms with Crippen molar-refractivity contribution in [1.82, 2.24) is 19.4 Å². The summed E-state index contributed by atoms with van der Waals surface area (Å²) in [6.07, 6.45) is 3.91. The van der Waals surface area contributed by atoms with Crippen LogP contribution in [0.15, 0.2) is 36.7 Å². The van der Waals surface area contributed by atoms with E-state index in [-0.39, 0.29) is 0 Å². The Morgan fingerprint density at radius 2 is 2.11 bits per heavy atom. The Morgan fingerprint density at radius 3 is 2.89 bits per heavy atom. The first-order valence-electron chi connectivity index (χ1n) is 6.30. The lowest BCUT2D eigenvalue weighted by Crippen LogP contribution is -2.02. The summed E-state index contributed by atoms with van der Waals surface area (Å²) in [4.78, 5) is 13.5. The van der Waals surface area contributed by atoms with Gasteiger partial charge in [0.15, 0.2) is 5.82 Å². The monoisotopic (exact) mass is 253 g/mol. The zero-order valence-corrected chi connectivity index (χ0v) is 11.0. The van der Waals surface area contributed by atoms with E-state index in [0.717, 1.165) is 29.4 Å². The summed E-state index contributed by atoms with van der Waals surface area (Å²) in [6, 6.07) is 7.83. The van der Waals surface area contributed by atoms with Gasteiger partial charge in [0, 0.05) is 30.7 Å². The molecular formula is C14H15N5. The summed E-state index contributed by atoms with van der Waals surface area (Å²) in [7, 11) is 0. The van der Waals surface area contributed by atoms with Gasteiger partial charge in [-0.3, -0.25) is 0 Å². The largest absolute Gasteiger partial charge is 0.370 e. The van der Waals surface area contributed by atoms with Gasteiger partial charge in [0.25, 0.3) is 0 Å². The van der Waals surface area contributed by atoms with Crippen LogP contribution < -0.4 is 5.32 Å². The summed E-state index contributed by atoms with van der Waals surface area (Å²) in [5.41, 5.74) is 2.61. The molecule has 0 saturated heterocycles. The molecule has 19 heavy (non-hydrogen) atoms. The maximum absolute atomic E-state index is 4.54. The normalized spacial score (nSPS) is 10.8. The molecule has 3 heterocycles. The van der Waals surface area contributed by atoms with Crippen LogP contribution in [0, 0.1) is 6.92 Å².